The molecule has 0 unspecified atom stereocenters. The third kappa shape index (κ3) is 3.84. The topological polar surface area (TPSA) is 49.4 Å². The van der Waals surface area contributed by atoms with Gasteiger partial charge in [0.05, 0.1) is 12.2 Å². The summed E-state index contributed by atoms with van der Waals surface area (Å²) in [6.07, 6.45) is 1.75. The molecule has 0 aliphatic rings. The molecular weight excluding hydrogens is 296 g/mol. The molecule has 4 nitrogen and oxygen atoms in total. The monoisotopic (exact) mass is 312 g/mol. The largest absolute Gasteiger partial charge is 0.361 e. The van der Waals surface area contributed by atoms with Gasteiger partial charge in [0.25, 0.3) is 0 Å². The van der Waals surface area contributed by atoms with Crippen LogP contribution in [0.2, 0.25) is 0 Å². The number of aldehydes is 1. The van der Waals surface area contributed by atoms with E-state index in [2.05, 4.69) is 28.2 Å². The summed E-state index contributed by atoms with van der Waals surface area (Å²) in [4.78, 5) is 24.2. The minimum absolute atomic E-state index is 0.0326. The molecule has 0 spiro atoms. The highest BCUT2D eigenvalue weighted by Crippen LogP contribution is 2.27. The summed E-state index contributed by atoms with van der Waals surface area (Å²) < 4.78 is 0.824. The predicted molar refractivity (Wildman–Crippen MR) is 76.1 cm³/mol. The quantitative estimate of drug-likeness (QED) is 0.819. The van der Waals surface area contributed by atoms with Crippen molar-refractivity contribution in [1.29, 1.82) is 0 Å². The maximum Gasteiger partial charge on any atom is 0.239 e. The van der Waals surface area contributed by atoms with Crippen molar-refractivity contribution in [3.05, 3.63) is 28.2 Å². The summed E-state index contributed by atoms with van der Waals surface area (Å²) in [5, 5.41) is 2.61. The Morgan fingerprint density at radius 1 is 1.50 bits per heavy atom. The van der Waals surface area contributed by atoms with Crippen LogP contribution in [0.25, 0.3) is 0 Å². The second-order valence-electron chi connectivity index (χ2n) is 3.92. The number of hydrogen-bond acceptors (Lipinski definition) is 3. The summed E-state index contributed by atoms with van der Waals surface area (Å²) in [5.41, 5.74) is 1.54. The van der Waals surface area contributed by atoms with Gasteiger partial charge in [-0.05, 0) is 40.5 Å². The van der Waals surface area contributed by atoms with Gasteiger partial charge in [0.15, 0.2) is 0 Å². The zero-order valence-electron chi connectivity index (χ0n) is 10.6. The molecule has 0 radical (unpaired) electrons. The van der Waals surface area contributed by atoms with Gasteiger partial charge in [0.2, 0.25) is 5.91 Å². The lowest BCUT2D eigenvalue weighted by Gasteiger charge is -2.24. The van der Waals surface area contributed by atoms with Crippen molar-refractivity contribution in [2.75, 3.05) is 25.0 Å². The van der Waals surface area contributed by atoms with Gasteiger partial charge in [-0.1, -0.05) is 6.92 Å². The van der Waals surface area contributed by atoms with Crippen molar-refractivity contribution in [2.45, 2.75) is 13.3 Å². The van der Waals surface area contributed by atoms with Gasteiger partial charge in [0.1, 0.15) is 6.29 Å². The first kappa shape index (κ1) is 14.7. The number of hydrogen-bond donors (Lipinski definition) is 1. The molecular formula is C13H17BrN2O2. The number of rotatable bonds is 6. The number of carbonyl (C=O) groups excluding carboxylic acids is 2. The van der Waals surface area contributed by atoms with Gasteiger partial charge >= 0.3 is 0 Å². The van der Waals surface area contributed by atoms with Crippen LogP contribution in [0.3, 0.4) is 0 Å². The van der Waals surface area contributed by atoms with Crippen LogP contribution < -0.4 is 10.2 Å². The minimum atomic E-state index is -0.0326. The van der Waals surface area contributed by atoms with Gasteiger partial charge in [-0.25, -0.2) is 0 Å². The molecule has 1 N–H and O–H groups in total. The van der Waals surface area contributed by atoms with Gasteiger partial charge < -0.3 is 10.2 Å². The van der Waals surface area contributed by atoms with Crippen LogP contribution in [0.1, 0.15) is 23.7 Å². The molecule has 0 bridgehead atoms. The van der Waals surface area contributed by atoms with Crippen molar-refractivity contribution in [1.82, 2.24) is 5.32 Å². The third-order valence-corrected chi connectivity index (χ3v) is 3.19. The molecule has 0 aliphatic heterocycles. The van der Waals surface area contributed by atoms with Crippen molar-refractivity contribution in [3.63, 3.8) is 0 Å². The van der Waals surface area contributed by atoms with E-state index in [1.807, 2.05) is 11.0 Å². The fraction of sp³-hybridized carbons (Fsp3) is 0.385. The van der Waals surface area contributed by atoms with Crippen molar-refractivity contribution in [2.24, 2.45) is 0 Å². The molecule has 1 rings (SSSR count). The Hall–Kier alpha value is -1.36. The molecule has 0 fully saturated rings. The number of nitrogens with zero attached hydrogens (tertiary/aromatic N) is 1. The van der Waals surface area contributed by atoms with Crippen LogP contribution in [-0.2, 0) is 4.79 Å². The molecule has 1 aromatic carbocycles. The first-order valence-corrected chi connectivity index (χ1v) is 6.62. The Morgan fingerprint density at radius 2 is 2.22 bits per heavy atom. The average molecular weight is 313 g/mol. The molecule has 0 saturated carbocycles. The Bertz CT molecular complexity index is 435. The first-order valence-electron chi connectivity index (χ1n) is 5.82. The van der Waals surface area contributed by atoms with E-state index in [9.17, 15) is 9.59 Å². The number of amides is 1. The van der Waals surface area contributed by atoms with E-state index in [1.165, 1.54) is 0 Å². The molecule has 98 valence electrons. The predicted octanol–water partition coefficient (Wildman–Crippen LogP) is 2.22. The Balaban J connectivity index is 2.97. The highest BCUT2D eigenvalue weighted by molar-refractivity contribution is 9.10. The Morgan fingerprint density at radius 3 is 2.72 bits per heavy atom. The highest BCUT2D eigenvalue weighted by Gasteiger charge is 2.13. The fourth-order valence-electron chi connectivity index (χ4n) is 1.66. The molecule has 18 heavy (non-hydrogen) atoms. The molecule has 5 heteroatoms. The summed E-state index contributed by atoms with van der Waals surface area (Å²) in [5.74, 6) is -0.0326. The molecule has 1 aromatic rings. The summed E-state index contributed by atoms with van der Waals surface area (Å²) in [7, 11) is 1.62. The van der Waals surface area contributed by atoms with Crippen molar-refractivity contribution < 1.29 is 9.59 Å². The number of benzene rings is 1. The number of anilines is 1. The van der Waals surface area contributed by atoms with Gasteiger partial charge in [0, 0.05) is 23.6 Å². The minimum Gasteiger partial charge on any atom is -0.361 e. The SMILES string of the molecule is CCCN(CC(=O)NC)c1ccc(C=O)cc1Br. The first-order chi connectivity index (χ1) is 8.62. The number of carbonyl (C=O) groups is 2. The summed E-state index contributed by atoms with van der Waals surface area (Å²) in [6.45, 7) is 3.15. The number of likely N-dealkylation sites (N-methyl/N-ethyl adjacent to an activating group) is 1. The normalized spacial score (nSPS) is 9.94. The van der Waals surface area contributed by atoms with Gasteiger partial charge in [-0.3, -0.25) is 9.59 Å². The lowest BCUT2D eigenvalue weighted by Crippen LogP contribution is -2.36. The highest BCUT2D eigenvalue weighted by atomic mass is 79.9. The van der Waals surface area contributed by atoms with Crippen LogP contribution in [-0.4, -0.2) is 32.3 Å². The standard InChI is InChI=1S/C13H17BrN2O2/c1-3-6-16(8-13(18)15-2)12-5-4-10(9-17)7-11(12)14/h4-5,7,9H,3,6,8H2,1-2H3,(H,15,18). The zero-order valence-corrected chi connectivity index (χ0v) is 12.2. The number of halogens is 1. The third-order valence-electron chi connectivity index (χ3n) is 2.56. The van der Waals surface area contributed by atoms with E-state index in [4.69, 9.17) is 0 Å². The Labute approximate surface area is 115 Å². The molecule has 0 heterocycles. The average Bonchev–Trinajstić information content (AvgIpc) is 2.38. The van der Waals surface area contributed by atoms with E-state index in [0.29, 0.717) is 12.1 Å². The van der Waals surface area contributed by atoms with Gasteiger partial charge in [-0.15, -0.1) is 0 Å². The molecule has 0 atom stereocenters. The molecule has 1 amide bonds. The van der Waals surface area contributed by atoms with E-state index in [-0.39, 0.29) is 5.91 Å². The van der Waals surface area contributed by atoms with Crippen LogP contribution in [0.5, 0.6) is 0 Å². The second-order valence-corrected chi connectivity index (χ2v) is 4.78. The van der Waals surface area contributed by atoms with E-state index in [1.54, 1.807) is 19.2 Å². The van der Waals surface area contributed by atoms with Crippen LogP contribution in [0.4, 0.5) is 5.69 Å². The molecule has 0 aromatic heterocycles. The fourth-order valence-corrected chi connectivity index (χ4v) is 2.31. The molecule has 0 aliphatic carbocycles. The lowest BCUT2D eigenvalue weighted by atomic mass is 10.2. The summed E-state index contributed by atoms with van der Waals surface area (Å²) in [6, 6.07) is 5.36. The zero-order chi connectivity index (χ0) is 13.5. The van der Waals surface area contributed by atoms with Crippen LogP contribution in [0.15, 0.2) is 22.7 Å². The van der Waals surface area contributed by atoms with Crippen molar-refractivity contribution in [3.8, 4) is 0 Å². The second kappa shape index (κ2) is 7.16. The lowest BCUT2D eigenvalue weighted by molar-refractivity contribution is -0.119. The van der Waals surface area contributed by atoms with E-state index < -0.39 is 0 Å². The Kier molecular flexibility index (Phi) is 5.85. The van der Waals surface area contributed by atoms with E-state index >= 15 is 0 Å². The maximum atomic E-state index is 11.5. The number of nitrogens with one attached hydrogen (secondary N) is 1. The van der Waals surface area contributed by atoms with Crippen LogP contribution in [0, 0.1) is 0 Å². The molecule has 0 saturated heterocycles. The van der Waals surface area contributed by atoms with Crippen LogP contribution >= 0.6 is 15.9 Å². The van der Waals surface area contributed by atoms with E-state index in [0.717, 1.165) is 29.4 Å². The maximum absolute atomic E-state index is 11.5. The smallest absolute Gasteiger partial charge is 0.239 e. The summed E-state index contributed by atoms with van der Waals surface area (Å²) >= 11 is 3.44. The van der Waals surface area contributed by atoms with Crippen molar-refractivity contribution >= 4 is 33.8 Å². The van der Waals surface area contributed by atoms with Gasteiger partial charge in [-0.2, -0.15) is 0 Å².